The van der Waals surface area contributed by atoms with Gasteiger partial charge in [-0.25, -0.2) is 9.18 Å². The minimum absolute atomic E-state index is 0.0234. The third kappa shape index (κ3) is 8.83. The zero-order chi connectivity index (χ0) is 31.0. The number of alkyl halides is 3. The maximum absolute atomic E-state index is 13.6. The van der Waals surface area contributed by atoms with E-state index in [0.717, 1.165) is 40.9 Å². The number of benzene rings is 2. The molecule has 1 heterocycles. The molecular weight excluding hydrogens is 554 g/mol. The lowest BCUT2D eigenvalue weighted by atomic mass is 9.98. The van der Waals surface area contributed by atoms with E-state index in [0.29, 0.717) is 19.1 Å². The second-order valence-electron chi connectivity index (χ2n) is 10.3. The Morgan fingerprint density at radius 3 is 2.12 bits per heavy atom. The summed E-state index contributed by atoms with van der Waals surface area (Å²) in [6.45, 7) is 5.27. The highest BCUT2D eigenvalue weighted by atomic mass is 19.4. The van der Waals surface area contributed by atoms with Gasteiger partial charge in [-0.1, -0.05) is 56.7 Å². The van der Waals surface area contributed by atoms with Crippen LogP contribution in [-0.2, 0) is 20.9 Å². The number of pyridine rings is 1. The molecule has 0 aliphatic heterocycles. The van der Waals surface area contributed by atoms with Gasteiger partial charge in [-0.15, -0.1) is 0 Å². The summed E-state index contributed by atoms with van der Waals surface area (Å²) < 4.78 is 50.2. The van der Waals surface area contributed by atoms with Crippen LogP contribution in [0.25, 0.3) is 11.1 Å². The van der Waals surface area contributed by atoms with E-state index < -0.39 is 12.1 Å². The molecule has 3 N–H and O–H groups in total. The number of halogens is 4. The number of aromatic nitrogens is 1. The number of carboxylic acid groups (broad SMARTS) is 1. The second kappa shape index (κ2) is 14.4. The number of methoxy groups -OCH3 is 1. The summed E-state index contributed by atoms with van der Waals surface area (Å²) in [5, 5.41) is 7.12. The molecule has 0 spiro atoms. The fourth-order valence-electron chi connectivity index (χ4n) is 4.41. The number of hydrogen-bond acceptors (Lipinski definition) is 5. The first-order valence-electron chi connectivity index (χ1n) is 13.5. The van der Waals surface area contributed by atoms with Gasteiger partial charge < -0.3 is 20.5 Å². The molecule has 1 aromatic heterocycles. The van der Waals surface area contributed by atoms with Gasteiger partial charge in [-0.3, -0.25) is 9.78 Å². The molecule has 3 aromatic rings. The van der Waals surface area contributed by atoms with Crippen molar-refractivity contribution in [1.29, 1.82) is 0 Å². The van der Waals surface area contributed by atoms with Crippen LogP contribution in [0.15, 0.2) is 66.9 Å². The summed E-state index contributed by atoms with van der Waals surface area (Å²) in [5.41, 5.74) is 11.4. The highest BCUT2D eigenvalue weighted by Crippen LogP contribution is 2.48. The Hall–Kier alpha value is -3.83. The zero-order valence-electron chi connectivity index (χ0n) is 23.6. The Bertz CT molecular complexity index is 1320. The zero-order valence-corrected chi connectivity index (χ0v) is 23.6. The predicted octanol–water partition coefficient (Wildman–Crippen LogP) is 6.18. The average Bonchev–Trinajstić information content (AvgIpc) is 3.77. The maximum Gasteiger partial charge on any atom is 0.490 e. The van der Waals surface area contributed by atoms with Crippen molar-refractivity contribution in [1.82, 2.24) is 4.98 Å². The summed E-state index contributed by atoms with van der Waals surface area (Å²) in [4.78, 5) is 28.5. The number of aliphatic carboxylic acids is 1. The normalized spacial score (nSPS) is 17.4. The number of carboxylic acids is 1. The Kier molecular flexibility index (Phi) is 11.2. The van der Waals surface area contributed by atoms with Crippen molar-refractivity contribution in [2.24, 2.45) is 17.6 Å². The molecule has 226 valence electrons. The molecule has 1 saturated carbocycles. The van der Waals surface area contributed by atoms with Gasteiger partial charge >= 0.3 is 12.1 Å². The van der Waals surface area contributed by atoms with Crippen LogP contribution in [0.4, 0.5) is 23.2 Å². The van der Waals surface area contributed by atoms with Crippen LogP contribution in [-0.4, -0.2) is 47.8 Å². The molecule has 2 aromatic carbocycles. The monoisotopic (exact) mass is 589 g/mol. The topological polar surface area (TPSA) is 106 Å². The van der Waals surface area contributed by atoms with Crippen LogP contribution in [0.5, 0.6) is 0 Å². The summed E-state index contributed by atoms with van der Waals surface area (Å²) >= 11 is 0. The molecule has 0 radical (unpaired) electrons. The number of amides is 1. The summed E-state index contributed by atoms with van der Waals surface area (Å²) in [6.07, 6.45) is -2.20. The highest BCUT2D eigenvalue weighted by molar-refractivity contribution is 5.97. The highest BCUT2D eigenvalue weighted by Gasteiger charge is 2.47. The van der Waals surface area contributed by atoms with Crippen LogP contribution in [0, 0.1) is 17.7 Å². The number of ether oxygens (including phenoxy) is 1. The van der Waals surface area contributed by atoms with Crippen molar-refractivity contribution in [2.75, 3.05) is 18.6 Å². The first kappa shape index (κ1) is 32.7. The molecule has 7 nitrogen and oxygen atoms in total. The molecule has 42 heavy (non-hydrogen) atoms. The minimum atomic E-state index is -5.08. The lowest BCUT2D eigenvalue weighted by Crippen LogP contribution is -2.45. The van der Waals surface area contributed by atoms with Gasteiger partial charge in [-0.2, -0.15) is 13.2 Å². The van der Waals surface area contributed by atoms with Crippen molar-refractivity contribution >= 4 is 17.6 Å². The van der Waals surface area contributed by atoms with E-state index in [1.165, 1.54) is 12.3 Å². The number of carbonyl (C=O) groups excluding carboxylic acids is 1. The third-order valence-electron chi connectivity index (χ3n) is 7.29. The van der Waals surface area contributed by atoms with Gasteiger partial charge in [0.05, 0.1) is 12.8 Å². The number of nitrogens with two attached hydrogens (primary N) is 1. The van der Waals surface area contributed by atoms with Crippen molar-refractivity contribution in [3.63, 3.8) is 0 Å². The minimum Gasteiger partial charge on any atom is -0.475 e. The van der Waals surface area contributed by atoms with Crippen LogP contribution in [0.3, 0.4) is 0 Å². The van der Waals surface area contributed by atoms with Gasteiger partial charge in [0.15, 0.2) is 0 Å². The largest absolute Gasteiger partial charge is 0.490 e. The molecule has 1 aliphatic carbocycles. The lowest BCUT2D eigenvalue weighted by Gasteiger charge is -2.29. The number of nitrogens with zero attached hydrogens (tertiary/aromatic N) is 2. The molecule has 0 saturated heterocycles. The van der Waals surface area contributed by atoms with Crippen LogP contribution in [0.2, 0.25) is 0 Å². The van der Waals surface area contributed by atoms with E-state index in [1.807, 2.05) is 29.2 Å². The van der Waals surface area contributed by atoms with Gasteiger partial charge in [0, 0.05) is 42.9 Å². The Labute approximate surface area is 242 Å². The second-order valence-corrected chi connectivity index (χ2v) is 10.3. The van der Waals surface area contributed by atoms with E-state index in [1.54, 1.807) is 13.2 Å². The van der Waals surface area contributed by atoms with E-state index in [4.69, 9.17) is 20.4 Å². The van der Waals surface area contributed by atoms with Gasteiger partial charge in [0.25, 0.3) is 0 Å². The Balaban J connectivity index is 0.000000616. The molecule has 1 amide bonds. The fourth-order valence-corrected chi connectivity index (χ4v) is 4.41. The van der Waals surface area contributed by atoms with E-state index in [-0.39, 0.29) is 29.6 Å². The first-order valence-corrected chi connectivity index (χ1v) is 13.5. The van der Waals surface area contributed by atoms with Crippen molar-refractivity contribution in [2.45, 2.75) is 51.4 Å². The summed E-state index contributed by atoms with van der Waals surface area (Å²) in [6, 6.07) is 19.3. The average molecular weight is 590 g/mol. The number of anilines is 1. The Morgan fingerprint density at radius 2 is 1.64 bits per heavy atom. The molecule has 4 atom stereocenters. The van der Waals surface area contributed by atoms with Crippen LogP contribution in [0.1, 0.15) is 43.9 Å². The van der Waals surface area contributed by atoms with Gasteiger partial charge in [0.1, 0.15) is 5.82 Å². The third-order valence-corrected chi connectivity index (χ3v) is 7.29. The van der Waals surface area contributed by atoms with Crippen LogP contribution < -0.4 is 10.6 Å². The Morgan fingerprint density at radius 1 is 1.07 bits per heavy atom. The number of carbonyl (C=O) groups is 2. The fraction of sp³-hybridized carbons (Fsp3) is 0.387. The van der Waals surface area contributed by atoms with Crippen LogP contribution >= 0.6 is 0 Å². The van der Waals surface area contributed by atoms with E-state index in [9.17, 15) is 22.4 Å². The van der Waals surface area contributed by atoms with E-state index >= 15 is 0 Å². The molecule has 0 bridgehead atoms. The molecule has 1 aliphatic rings. The van der Waals surface area contributed by atoms with Gasteiger partial charge in [-0.05, 0) is 53.3 Å². The molecule has 1 fully saturated rings. The number of hydrogen-bond donors (Lipinski definition) is 2. The first-order chi connectivity index (χ1) is 19.8. The van der Waals surface area contributed by atoms with Gasteiger partial charge in [0.2, 0.25) is 5.91 Å². The number of rotatable bonds is 10. The van der Waals surface area contributed by atoms with Crippen molar-refractivity contribution in [3.05, 3.63) is 83.9 Å². The van der Waals surface area contributed by atoms with Crippen molar-refractivity contribution in [3.8, 4) is 11.1 Å². The quantitative estimate of drug-likeness (QED) is 0.274. The smallest absolute Gasteiger partial charge is 0.475 e. The summed E-state index contributed by atoms with van der Waals surface area (Å²) in [7, 11) is 1.69. The summed E-state index contributed by atoms with van der Waals surface area (Å²) in [5.74, 6) is -2.92. The predicted molar refractivity (Wildman–Crippen MR) is 151 cm³/mol. The lowest BCUT2D eigenvalue weighted by molar-refractivity contribution is -0.192. The maximum atomic E-state index is 13.6. The SMILES string of the molecule is CC[C@H](C)[C@H](N)CN(C(=O)[C@@H]1C[C@H]1c1ccc(F)cn1)c1ccc(-c2ccc(COC)cc2)cc1.O=C(O)C(F)(F)F. The molecular formula is C31H35F4N3O4. The standard InChI is InChI=1S/C29H34FN3O2.C2HF3O2/c1-4-19(2)27(31)17-33(29(34)26-15-25(26)28-14-11-23(30)16-32-28)24-12-9-22(10-13-24)21-7-5-20(6-8-21)18-35-3;3-2(4,5)1(6)7/h5-14,16,19,25-27H,4,15,17-18,31H2,1-3H3;(H,6,7)/t19-,25+,26+,27+;/m0./s1. The molecule has 4 rings (SSSR count). The van der Waals surface area contributed by atoms with E-state index in [2.05, 4.69) is 43.1 Å². The molecule has 11 heteroatoms. The van der Waals surface area contributed by atoms with Crippen molar-refractivity contribution < 1.29 is 37.0 Å². The molecule has 0 unspecified atom stereocenters.